The number of carbonyl (C=O) groups excluding carboxylic acids is 1. The van der Waals surface area contributed by atoms with E-state index in [-0.39, 0.29) is 18.1 Å². The highest BCUT2D eigenvalue weighted by Crippen LogP contribution is 2.41. The van der Waals surface area contributed by atoms with Crippen LogP contribution in [0.15, 0.2) is 18.2 Å². The van der Waals surface area contributed by atoms with Crippen molar-refractivity contribution in [1.82, 2.24) is 10.3 Å². The first-order valence-electron chi connectivity index (χ1n) is 9.01. The number of amides is 1. The van der Waals surface area contributed by atoms with Gasteiger partial charge in [0.15, 0.2) is 5.13 Å². The molecule has 0 radical (unpaired) electrons. The summed E-state index contributed by atoms with van der Waals surface area (Å²) in [5.74, 6) is 0.680. The summed E-state index contributed by atoms with van der Waals surface area (Å²) in [5.41, 5.74) is 2.32. The van der Waals surface area contributed by atoms with E-state index in [2.05, 4.69) is 10.2 Å². The van der Waals surface area contributed by atoms with Crippen molar-refractivity contribution in [2.24, 2.45) is 0 Å². The summed E-state index contributed by atoms with van der Waals surface area (Å²) in [6.45, 7) is 4.89. The number of aliphatic hydroxyl groups is 2. The number of rotatable bonds is 4. The number of nitrogens with one attached hydrogen (secondary N) is 1. The van der Waals surface area contributed by atoms with Gasteiger partial charge >= 0.3 is 0 Å². The molecule has 3 heterocycles. The number of hydrogen-bond donors (Lipinski definition) is 3. The monoisotopic (exact) mass is 389 g/mol. The lowest BCUT2D eigenvalue weighted by atomic mass is 9.94. The minimum absolute atomic E-state index is 0.0710. The molecule has 1 aromatic heterocycles. The maximum atomic E-state index is 12.4. The summed E-state index contributed by atoms with van der Waals surface area (Å²) in [6.07, 6.45) is 0.270. The number of aromatic nitrogens is 1. The van der Waals surface area contributed by atoms with Crippen molar-refractivity contribution in [1.29, 1.82) is 0 Å². The molecular weight excluding hydrogens is 366 g/mol. The van der Waals surface area contributed by atoms with Crippen LogP contribution in [-0.2, 0) is 12.8 Å². The van der Waals surface area contributed by atoms with E-state index >= 15 is 0 Å². The first-order chi connectivity index (χ1) is 12.9. The van der Waals surface area contributed by atoms with Gasteiger partial charge in [0.1, 0.15) is 17.2 Å². The largest absolute Gasteiger partial charge is 0.490 e. The lowest BCUT2D eigenvalue weighted by molar-refractivity contribution is 0.0900. The molecule has 144 valence electrons. The first kappa shape index (κ1) is 18.2. The van der Waals surface area contributed by atoms with Gasteiger partial charge in [0.25, 0.3) is 5.91 Å². The second kappa shape index (κ2) is 6.78. The number of benzene rings is 1. The number of thiazole rings is 1. The van der Waals surface area contributed by atoms with Crippen molar-refractivity contribution in [3.63, 3.8) is 0 Å². The summed E-state index contributed by atoms with van der Waals surface area (Å²) in [5, 5.41) is 22.6. The van der Waals surface area contributed by atoms with Gasteiger partial charge in [0, 0.05) is 18.4 Å². The van der Waals surface area contributed by atoms with Crippen LogP contribution in [0.1, 0.15) is 34.8 Å². The Labute approximate surface area is 161 Å². The van der Waals surface area contributed by atoms with Crippen LogP contribution in [0.5, 0.6) is 5.75 Å². The molecule has 8 heteroatoms. The predicted octanol–water partition coefficient (Wildman–Crippen LogP) is 1.63. The molecule has 4 rings (SSSR count). The van der Waals surface area contributed by atoms with E-state index in [1.54, 1.807) is 0 Å². The molecule has 0 fully saturated rings. The number of aliphatic hydroxyl groups excluding tert-OH is 2. The molecular formula is C19H23N3O4S. The van der Waals surface area contributed by atoms with Crippen molar-refractivity contribution in [2.75, 3.05) is 24.7 Å². The quantitative estimate of drug-likeness (QED) is 0.736. The second-order valence-electron chi connectivity index (χ2n) is 7.63. The predicted molar refractivity (Wildman–Crippen MR) is 103 cm³/mol. The lowest BCUT2D eigenvalue weighted by Crippen LogP contribution is -2.48. The van der Waals surface area contributed by atoms with Gasteiger partial charge in [-0.15, -0.1) is 0 Å². The van der Waals surface area contributed by atoms with Crippen LogP contribution in [0.3, 0.4) is 0 Å². The molecule has 0 saturated carbocycles. The van der Waals surface area contributed by atoms with Gasteiger partial charge in [-0.2, -0.15) is 0 Å². The highest BCUT2D eigenvalue weighted by atomic mass is 32.1. The maximum absolute atomic E-state index is 12.4. The van der Waals surface area contributed by atoms with Gasteiger partial charge in [-0.05, 0) is 31.5 Å². The van der Waals surface area contributed by atoms with Crippen LogP contribution < -0.4 is 15.0 Å². The van der Waals surface area contributed by atoms with E-state index < -0.39 is 6.10 Å². The molecule has 1 unspecified atom stereocenters. The molecule has 7 nitrogen and oxygen atoms in total. The zero-order valence-electron chi connectivity index (χ0n) is 15.4. The van der Waals surface area contributed by atoms with Crippen LogP contribution in [-0.4, -0.2) is 52.5 Å². The van der Waals surface area contributed by atoms with Crippen LogP contribution in [0.2, 0.25) is 0 Å². The Morgan fingerprint density at radius 3 is 3.04 bits per heavy atom. The zero-order chi connectivity index (χ0) is 19.2. The summed E-state index contributed by atoms with van der Waals surface area (Å²) in [6, 6.07) is 5.73. The van der Waals surface area contributed by atoms with Gasteiger partial charge in [0.05, 0.1) is 30.6 Å². The number of hydrogen-bond acceptors (Lipinski definition) is 7. The topological polar surface area (TPSA) is 94.9 Å². The van der Waals surface area contributed by atoms with E-state index in [4.69, 9.17) is 14.8 Å². The molecule has 0 spiro atoms. The number of fused-ring (bicyclic) bond motifs is 2. The Morgan fingerprint density at radius 1 is 1.44 bits per heavy atom. The van der Waals surface area contributed by atoms with Gasteiger partial charge < -0.3 is 25.2 Å². The summed E-state index contributed by atoms with van der Waals surface area (Å²) >= 11 is 1.40. The van der Waals surface area contributed by atoms with Gasteiger partial charge in [-0.25, -0.2) is 4.98 Å². The van der Waals surface area contributed by atoms with Gasteiger partial charge in [-0.1, -0.05) is 17.4 Å². The van der Waals surface area contributed by atoms with Crippen molar-refractivity contribution in [3.05, 3.63) is 34.3 Å². The number of carbonyl (C=O) groups is 1. The number of anilines is 2. The normalized spacial score (nSPS) is 19.0. The smallest absolute Gasteiger partial charge is 0.263 e. The fourth-order valence-electron chi connectivity index (χ4n) is 3.50. The van der Waals surface area contributed by atoms with Gasteiger partial charge in [0.2, 0.25) is 0 Å². The molecule has 0 saturated heterocycles. The zero-order valence-corrected chi connectivity index (χ0v) is 16.2. The molecule has 2 aliphatic heterocycles. The molecule has 0 bridgehead atoms. The van der Waals surface area contributed by atoms with E-state index in [9.17, 15) is 9.90 Å². The van der Waals surface area contributed by atoms with Crippen molar-refractivity contribution in [3.8, 4) is 5.75 Å². The van der Waals surface area contributed by atoms with E-state index in [0.717, 1.165) is 27.8 Å². The molecule has 27 heavy (non-hydrogen) atoms. The summed E-state index contributed by atoms with van der Waals surface area (Å²) in [4.78, 5) is 19.9. The standard InChI is InChI=1S/C19H23N3O4S/c1-19(2)9-13-16(17(25)21-19)27-18(20-13)22-5-6-26-15-4-3-11(8-14(15)22)7-12(24)10-23/h3-4,8,12,23-24H,5-7,9-10H2,1-2H3,(H,21,25). The fraction of sp³-hybridized carbons (Fsp3) is 0.474. The van der Waals surface area contributed by atoms with E-state index in [0.29, 0.717) is 30.9 Å². The van der Waals surface area contributed by atoms with Crippen molar-refractivity contribution >= 4 is 28.1 Å². The Hall–Kier alpha value is -2.16. The molecule has 2 aromatic rings. The third-order valence-electron chi connectivity index (χ3n) is 4.75. The first-order valence-corrected chi connectivity index (χ1v) is 9.82. The number of ether oxygens (including phenoxy) is 1. The third kappa shape index (κ3) is 3.52. The average Bonchev–Trinajstić information content (AvgIpc) is 3.03. The number of nitrogens with zero attached hydrogens (tertiary/aromatic N) is 2. The Bertz CT molecular complexity index is 880. The highest BCUT2D eigenvalue weighted by molar-refractivity contribution is 7.17. The minimum Gasteiger partial charge on any atom is -0.490 e. The second-order valence-corrected chi connectivity index (χ2v) is 8.61. The lowest BCUT2D eigenvalue weighted by Gasteiger charge is -2.30. The Morgan fingerprint density at radius 2 is 2.26 bits per heavy atom. The SMILES string of the molecule is CC1(C)Cc2nc(N3CCOc4ccc(CC(O)CO)cc43)sc2C(=O)N1. The van der Waals surface area contributed by atoms with E-state index in [1.165, 1.54) is 11.3 Å². The third-order valence-corrected chi connectivity index (χ3v) is 5.87. The fourth-order valence-corrected chi connectivity index (χ4v) is 4.52. The molecule has 1 amide bonds. The highest BCUT2D eigenvalue weighted by Gasteiger charge is 2.34. The van der Waals surface area contributed by atoms with Crippen molar-refractivity contribution in [2.45, 2.75) is 38.3 Å². The molecule has 2 aliphatic rings. The van der Waals surface area contributed by atoms with Crippen LogP contribution in [0, 0.1) is 0 Å². The Kier molecular flexibility index (Phi) is 4.57. The maximum Gasteiger partial charge on any atom is 0.263 e. The molecule has 1 atom stereocenters. The molecule has 1 aromatic carbocycles. The van der Waals surface area contributed by atoms with Crippen LogP contribution in [0.4, 0.5) is 10.8 Å². The summed E-state index contributed by atoms with van der Waals surface area (Å²) in [7, 11) is 0. The minimum atomic E-state index is -0.792. The van der Waals surface area contributed by atoms with E-state index in [1.807, 2.05) is 32.0 Å². The van der Waals surface area contributed by atoms with Crippen LogP contribution >= 0.6 is 11.3 Å². The van der Waals surface area contributed by atoms with Crippen molar-refractivity contribution < 1.29 is 19.7 Å². The van der Waals surface area contributed by atoms with Gasteiger partial charge in [-0.3, -0.25) is 4.79 Å². The Balaban J connectivity index is 1.69. The summed E-state index contributed by atoms with van der Waals surface area (Å²) < 4.78 is 5.76. The average molecular weight is 389 g/mol. The molecule has 3 N–H and O–H groups in total. The molecule has 0 aliphatic carbocycles. The van der Waals surface area contributed by atoms with Crippen LogP contribution in [0.25, 0.3) is 0 Å².